The molecule has 196 valence electrons. The van der Waals surface area contributed by atoms with Crippen LogP contribution in [0, 0.1) is 0 Å². The Balaban J connectivity index is 1.17. The van der Waals surface area contributed by atoms with E-state index in [0.717, 1.165) is 35.6 Å². The molecule has 4 aromatic rings. The normalized spacial score (nSPS) is 17.1. The van der Waals surface area contributed by atoms with Gasteiger partial charge in [0.15, 0.2) is 0 Å². The Labute approximate surface area is 227 Å². The smallest absolute Gasteiger partial charge is 0.220 e. The summed E-state index contributed by atoms with van der Waals surface area (Å²) in [6, 6.07) is 12.0. The van der Waals surface area contributed by atoms with Crippen molar-refractivity contribution in [1.82, 2.24) is 24.8 Å². The summed E-state index contributed by atoms with van der Waals surface area (Å²) in [7, 11) is 0. The van der Waals surface area contributed by atoms with E-state index in [9.17, 15) is 4.79 Å². The molecule has 0 unspecified atom stereocenters. The van der Waals surface area contributed by atoms with E-state index in [1.807, 2.05) is 36.4 Å². The molecule has 8 nitrogen and oxygen atoms in total. The maximum atomic E-state index is 13.4. The first-order chi connectivity index (χ1) is 18.5. The van der Waals surface area contributed by atoms with Gasteiger partial charge < -0.3 is 25.5 Å². The van der Waals surface area contributed by atoms with E-state index in [0.29, 0.717) is 28.0 Å². The van der Waals surface area contributed by atoms with Gasteiger partial charge in [0, 0.05) is 59.4 Å². The van der Waals surface area contributed by atoms with Gasteiger partial charge in [-0.25, -0.2) is 9.97 Å². The average molecular weight is 530 g/mol. The number of aromatic nitrogens is 4. The topological polar surface area (TPSA) is 107 Å². The molecule has 5 heterocycles. The second-order valence-electron chi connectivity index (χ2n) is 10.2. The number of likely N-dealkylation sites (tertiary alicyclic amines) is 1. The Bertz CT molecular complexity index is 1430. The van der Waals surface area contributed by atoms with Crippen molar-refractivity contribution < 1.29 is 4.79 Å². The van der Waals surface area contributed by atoms with Gasteiger partial charge in [-0.05, 0) is 68.6 Å². The molecule has 0 aliphatic carbocycles. The van der Waals surface area contributed by atoms with Crippen molar-refractivity contribution in [1.29, 1.82) is 0 Å². The van der Waals surface area contributed by atoms with E-state index in [2.05, 4.69) is 29.7 Å². The van der Waals surface area contributed by atoms with Gasteiger partial charge in [-0.1, -0.05) is 30.2 Å². The summed E-state index contributed by atoms with van der Waals surface area (Å²) in [5.74, 6) is 1.09. The molecule has 0 atom stereocenters. The lowest BCUT2D eigenvalue weighted by Gasteiger charge is -2.40. The number of benzene rings is 1. The minimum Gasteiger partial charge on any atom is -0.368 e. The van der Waals surface area contributed by atoms with Crippen molar-refractivity contribution in [2.45, 2.75) is 38.1 Å². The number of H-pyrrole nitrogens is 2. The number of hydrogen-bond donors (Lipinski definition) is 3. The molecular formula is C29H32ClN7O. The van der Waals surface area contributed by atoms with E-state index in [1.54, 1.807) is 18.6 Å². The molecule has 3 aromatic heterocycles. The zero-order chi connectivity index (χ0) is 26.1. The third-order valence-electron chi connectivity index (χ3n) is 7.79. The van der Waals surface area contributed by atoms with E-state index >= 15 is 0 Å². The minimum atomic E-state index is -0.0757. The summed E-state index contributed by atoms with van der Waals surface area (Å²) in [5.41, 5.74) is 10.1. The van der Waals surface area contributed by atoms with Crippen molar-refractivity contribution in [3.05, 3.63) is 71.3 Å². The highest BCUT2D eigenvalue weighted by Gasteiger charge is 2.26. The molecule has 0 bridgehead atoms. The SMILES string of the molecule is Nc1ncc(-c2cccc(Cl)c2)c(-c2c[nH]c(C(=O)c3c[nH]c(N4CCC(N5CCCCC5)CC4)c3)c2)n1. The number of anilines is 2. The summed E-state index contributed by atoms with van der Waals surface area (Å²) < 4.78 is 0. The summed E-state index contributed by atoms with van der Waals surface area (Å²) in [5, 5.41) is 0.620. The highest BCUT2D eigenvalue weighted by molar-refractivity contribution is 6.30. The van der Waals surface area contributed by atoms with Crippen molar-refractivity contribution in [2.75, 3.05) is 36.8 Å². The zero-order valence-electron chi connectivity index (χ0n) is 21.3. The number of nitrogens with one attached hydrogen (secondary N) is 2. The molecular weight excluding hydrogens is 498 g/mol. The molecule has 6 rings (SSSR count). The zero-order valence-corrected chi connectivity index (χ0v) is 22.0. The molecule has 0 radical (unpaired) electrons. The Kier molecular flexibility index (Phi) is 6.91. The van der Waals surface area contributed by atoms with Crippen molar-refractivity contribution in [3.8, 4) is 22.4 Å². The number of nitrogens with two attached hydrogens (primary N) is 1. The molecule has 38 heavy (non-hydrogen) atoms. The minimum absolute atomic E-state index is 0.0757. The number of aromatic amines is 2. The Morgan fingerprint density at radius 2 is 1.79 bits per heavy atom. The Morgan fingerprint density at radius 1 is 0.974 bits per heavy atom. The number of ketones is 1. The standard InChI is InChI=1S/C29H32ClN7O/c30-22-6-4-5-19(13-22)24-18-34-29(31)35-27(24)20-14-25(32-16-20)28(38)21-15-26(33-17-21)37-11-7-23(8-12-37)36-9-2-1-3-10-36/h4-6,13-18,23,32-33H,1-3,7-12H2,(H2,31,34,35). The van der Waals surface area contributed by atoms with Gasteiger partial charge in [0.05, 0.1) is 11.4 Å². The molecule has 2 saturated heterocycles. The lowest BCUT2D eigenvalue weighted by molar-refractivity contribution is 0.103. The molecule has 2 aliphatic rings. The van der Waals surface area contributed by atoms with E-state index in [1.165, 1.54) is 45.2 Å². The number of carbonyl (C=O) groups is 1. The summed E-state index contributed by atoms with van der Waals surface area (Å²) >= 11 is 6.21. The largest absolute Gasteiger partial charge is 0.368 e. The number of rotatable bonds is 6. The highest BCUT2D eigenvalue weighted by Crippen LogP contribution is 2.33. The van der Waals surface area contributed by atoms with E-state index in [-0.39, 0.29) is 11.7 Å². The molecule has 2 aliphatic heterocycles. The fourth-order valence-electron chi connectivity index (χ4n) is 5.75. The van der Waals surface area contributed by atoms with Crippen LogP contribution in [0.2, 0.25) is 5.02 Å². The number of halogens is 1. The van der Waals surface area contributed by atoms with Gasteiger partial charge in [-0.3, -0.25) is 4.79 Å². The van der Waals surface area contributed by atoms with Crippen molar-refractivity contribution in [2.24, 2.45) is 0 Å². The van der Waals surface area contributed by atoms with Gasteiger partial charge in [0.2, 0.25) is 11.7 Å². The van der Waals surface area contributed by atoms with Gasteiger partial charge in [-0.2, -0.15) is 0 Å². The van der Waals surface area contributed by atoms with Crippen LogP contribution in [0.25, 0.3) is 22.4 Å². The maximum Gasteiger partial charge on any atom is 0.220 e. The highest BCUT2D eigenvalue weighted by atomic mass is 35.5. The number of hydrogen-bond acceptors (Lipinski definition) is 6. The average Bonchev–Trinajstić information content (AvgIpc) is 3.64. The molecule has 0 amide bonds. The first-order valence-corrected chi connectivity index (χ1v) is 13.7. The van der Waals surface area contributed by atoms with E-state index in [4.69, 9.17) is 17.3 Å². The number of piperidine rings is 2. The molecule has 4 N–H and O–H groups in total. The van der Waals surface area contributed by atoms with Crippen LogP contribution in [0.1, 0.15) is 48.2 Å². The van der Waals surface area contributed by atoms with Crippen LogP contribution in [0.3, 0.4) is 0 Å². The van der Waals surface area contributed by atoms with Crippen molar-refractivity contribution in [3.63, 3.8) is 0 Å². The summed E-state index contributed by atoms with van der Waals surface area (Å²) in [6.45, 7) is 4.49. The van der Waals surface area contributed by atoms with Crippen LogP contribution in [0.15, 0.2) is 55.0 Å². The second kappa shape index (κ2) is 10.6. The summed E-state index contributed by atoms with van der Waals surface area (Å²) in [6.07, 6.45) is 11.6. The molecule has 2 fully saturated rings. The fraction of sp³-hybridized carbons (Fsp3) is 0.345. The van der Waals surface area contributed by atoms with Crippen LogP contribution in [0.5, 0.6) is 0 Å². The van der Waals surface area contributed by atoms with Crippen LogP contribution in [-0.4, -0.2) is 62.8 Å². The van der Waals surface area contributed by atoms with Crippen LogP contribution in [0.4, 0.5) is 11.8 Å². The molecule has 0 saturated carbocycles. The van der Waals surface area contributed by atoms with Crippen LogP contribution >= 0.6 is 11.6 Å². The monoisotopic (exact) mass is 529 g/mol. The first kappa shape index (κ1) is 24.7. The van der Waals surface area contributed by atoms with Crippen LogP contribution in [-0.2, 0) is 0 Å². The predicted octanol–water partition coefficient (Wildman–Crippen LogP) is 5.39. The number of nitrogen functional groups attached to an aromatic ring is 1. The Morgan fingerprint density at radius 3 is 2.58 bits per heavy atom. The van der Waals surface area contributed by atoms with Gasteiger partial charge in [-0.15, -0.1) is 0 Å². The van der Waals surface area contributed by atoms with Gasteiger partial charge >= 0.3 is 0 Å². The quantitative estimate of drug-likeness (QED) is 0.289. The van der Waals surface area contributed by atoms with Crippen molar-refractivity contribution >= 4 is 29.2 Å². The summed E-state index contributed by atoms with van der Waals surface area (Å²) in [4.78, 5) is 33.5. The second-order valence-corrected chi connectivity index (χ2v) is 10.7. The third-order valence-corrected chi connectivity index (χ3v) is 8.02. The fourth-order valence-corrected chi connectivity index (χ4v) is 5.94. The number of carbonyl (C=O) groups excluding carboxylic acids is 1. The molecule has 0 spiro atoms. The van der Waals surface area contributed by atoms with Gasteiger partial charge in [0.25, 0.3) is 0 Å². The Hall–Kier alpha value is -3.62. The lowest BCUT2D eigenvalue weighted by atomic mass is 10.00. The van der Waals surface area contributed by atoms with E-state index < -0.39 is 0 Å². The van der Waals surface area contributed by atoms with Crippen LogP contribution < -0.4 is 10.6 Å². The lowest BCUT2D eigenvalue weighted by Crippen LogP contribution is -2.46. The molecule has 1 aromatic carbocycles. The molecule has 9 heteroatoms. The third kappa shape index (κ3) is 5.06. The van der Waals surface area contributed by atoms with Gasteiger partial charge in [0.1, 0.15) is 5.82 Å². The maximum absolute atomic E-state index is 13.4. The number of nitrogens with zero attached hydrogens (tertiary/aromatic N) is 4. The first-order valence-electron chi connectivity index (χ1n) is 13.3. The predicted molar refractivity (Wildman–Crippen MR) is 152 cm³/mol.